The zero-order valence-corrected chi connectivity index (χ0v) is 12.5. The molecule has 0 atom stereocenters. The van der Waals surface area contributed by atoms with Crippen LogP contribution in [0.25, 0.3) is 10.4 Å². The summed E-state index contributed by atoms with van der Waals surface area (Å²) in [5, 5.41) is 4.34. The lowest BCUT2D eigenvalue weighted by molar-refractivity contribution is 0.185. The molecule has 2 rings (SSSR count). The number of hydrogen-bond donors (Lipinski definition) is 1. The molecule has 1 heterocycles. The summed E-state index contributed by atoms with van der Waals surface area (Å²) in [6, 6.07) is 8.40. The van der Waals surface area contributed by atoms with Crippen molar-refractivity contribution < 1.29 is 4.74 Å². The third-order valence-corrected chi connectivity index (χ3v) is 3.69. The van der Waals surface area contributed by atoms with E-state index in [-0.39, 0.29) is 0 Å². The second-order valence-electron chi connectivity index (χ2n) is 4.94. The van der Waals surface area contributed by atoms with Crippen LogP contribution in [0.4, 0.5) is 5.13 Å². The standard InChI is InChI=1S/C15H20N2OS/c1-11(2)8-16-15-17-9-14(19-15)13-6-4-5-12(7-13)10-18-3/h4-7,9,11H,8,10H2,1-3H3,(H,16,17). The monoisotopic (exact) mass is 276 g/mol. The van der Waals surface area contributed by atoms with Gasteiger partial charge in [-0.1, -0.05) is 43.4 Å². The first-order valence-corrected chi connectivity index (χ1v) is 7.28. The molecular formula is C15H20N2OS. The Labute approximate surface area is 118 Å². The van der Waals surface area contributed by atoms with Crippen LogP contribution in [0.1, 0.15) is 19.4 Å². The van der Waals surface area contributed by atoms with Crippen molar-refractivity contribution in [3.8, 4) is 10.4 Å². The average molecular weight is 276 g/mol. The van der Waals surface area contributed by atoms with Gasteiger partial charge in [-0.2, -0.15) is 0 Å². The smallest absolute Gasteiger partial charge is 0.183 e. The molecule has 0 spiro atoms. The molecule has 19 heavy (non-hydrogen) atoms. The van der Waals surface area contributed by atoms with Crippen LogP contribution < -0.4 is 5.32 Å². The molecule has 1 aromatic carbocycles. The van der Waals surface area contributed by atoms with E-state index in [0.29, 0.717) is 12.5 Å². The van der Waals surface area contributed by atoms with Gasteiger partial charge in [0.25, 0.3) is 0 Å². The van der Waals surface area contributed by atoms with Crippen molar-refractivity contribution in [1.82, 2.24) is 4.98 Å². The highest BCUT2D eigenvalue weighted by Gasteiger charge is 2.05. The molecule has 0 aliphatic carbocycles. The van der Waals surface area contributed by atoms with Crippen LogP contribution in [-0.2, 0) is 11.3 Å². The van der Waals surface area contributed by atoms with E-state index >= 15 is 0 Å². The zero-order valence-electron chi connectivity index (χ0n) is 11.6. The molecular weight excluding hydrogens is 256 g/mol. The summed E-state index contributed by atoms with van der Waals surface area (Å²) in [7, 11) is 1.72. The number of benzene rings is 1. The minimum atomic E-state index is 0.623. The molecule has 0 amide bonds. The van der Waals surface area contributed by atoms with Crippen LogP contribution in [0.2, 0.25) is 0 Å². The molecule has 102 valence electrons. The Hall–Kier alpha value is -1.39. The van der Waals surface area contributed by atoms with Crippen molar-refractivity contribution in [1.29, 1.82) is 0 Å². The molecule has 0 saturated carbocycles. The maximum atomic E-state index is 5.16. The zero-order chi connectivity index (χ0) is 13.7. The van der Waals surface area contributed by atoms with Crippen molar-refractivity contribution in [2.45, 2.75) is 20.5 Å². The summed E-state index contributed by atoms with van der Waals surface area (Å²) in [6.45, 7) is 5.98. The molecule has 0 radical (unpaired) electrons. The number of thiazole rings is 1. The SMILES string of the molecule is COCc1cccc(-c2cnc(NCC(C)C)s2)c1. The molecule has 0 unspecified atom stereocenters. The molecule has 1 N–H and O–H groups in total. The minimum absolute atomic E-state index is 0.623. The molecule has 0 fully saturated rings. The van der Waals surface area contributed by atoms with Gasteiger partial charge in [-0.25, -0.2) is 4.98 Å². The van der Waals surface area contributed by atoms with E-state index in [0.717, 1.165) is 11.7 Å². The number of nitrogens with zero attached hydrogens (tertiary/aromatic N) is 1. The maximum Gasteiger partial charge on any atom is 0.183 e. The summed E-state index contributed by atoms with van der Waals surface area (Å²) in [5.41, 5.74) is 2.38. The van der Waals surface area contributed by atoms with Gasteiger partial charge < -0.3 is 10.1 Å². The van der Waals surface area contributed by atoms with Crippen molar-refractivity contribution in [3.63, 3.8) is 0 Å². The van der Waals surface area contributed by atoms with Crippen LogP contribution in [0.15, 0.2) is 30.5 Å². The number of rotatable bonds is 6. The Morgan fingerprint density at radius 2 is 2.21 bits per heavy atom. The Morgan fingerprint density at radius 3 is 2.95 bits per heavy atom. The first-order valence-electron chi connectivity index (χ1n) is 6.47. The van der Waals surface area contributed by atoms with Crippen molar-refractivity contribution in [2.24, 2.45) is 5.92 Å². The van der Waals surface area contributed by atoms with Gasteiger partial charge >= 0.3 is 0 Å². The molecule has 4 heteroatoms. The van der Waals surface area contributed by atoms with Gasteiger partial charge in [0.1, 0.15) is 0 Å². The number of hydrogen-bond acceptors (Lipinski definition) is 4. The highest BCUT2D eigenvalue weighted by atomic mass is 32.1. The van der Waals surface area contributed by atoms with E-state index in [2.05, 4.69) is 48.4 Å². The molecule has 2 aromatic rings. The predicted molar refractivity (Wildman–Crippen MR) is 81.6 cm³/mol. The fourth-order valence-electron chi connectivity index (χ4n) is 1.76. The van der Waals surface area contributed by atoms with Gasteiger partial charge in [-0.05, 0) is 23.1 Å². The Balaban J connectivity index is 2.11. The molecule has 3 nitrogen and oxygen atoms in total. The van der Waals surface area contributed by atoms with Gasteiger partial charge in [0.2, 0.25) is 0 Å². The van der Waals surface area contributed by atoms with Crippen LogP contribution in [0.5, 0.6) is 0 Å². The molecule has 0 bridgehead atoms. The minimum Gasteiger partial charge on any atom is -0.380 e. The highest BCUT2D eigenvalue weighted by molar-refractivity contribution is 7.18. The third-order valence-electron chi connectivity index (χ3n) is 2.69. The number of aromatic nitrogens is 1. The lowest BCUT2D eigenvalue weighted by atomic mass is 10.1. The summed E-state index contributed by atoms with van der Waals surface area (Å²) in [4.78, 5) is 5.60. The molecule has 0 saturated heterocycles. The van der Waals surface area contributed by atoms with Crippen molar-refractivity contribution >= 4 is 16.5 Å². The van der Waals surface area contributed by atoms with E-state index in [4.69, 9.17) is 4.74 Å². The van der Waals surface area contributed by atoms with Crippen LogP contribution >= 0.6 is 11.3 Å². The average Bonchev–Trinajstić information content (AvgIpc) is 2.86. The van der Waals surface area contributed by atoms with Gasteiger partial charge in [0.15, 0.2) is 5.13 Å². The Bertz CT molecular complexity index is 522. The van der Waals surface area contributed by atoms with Crippen LogP contribution in [0, 0.1) is 5.92 Å². The van der Waals surface area contributed by atoms with Crippen LogP contribution in [0.3, 0.4) is 0 Å². The predicted octanol–water partition coefficient (Wildman–Crippen LogP) is 4.02. The van der Waals surface area contributed by atoms with Gasteiger partial charge in [-0.3, -0.25) is 0 Å². The van der Waals surface area contributed by atoms with E-state index in [1.807, 2.05) is 6.20 Å². The van der Waals surface area contributed by atoms with Crippen molar-refractivity contribution in [2.75, 3.05) is 19.0 Å². The van der Waals surface area contributed by atoms with Gasteiger partial charge in [0.05, 0.1) is 11.5 Å². The number of ether oxygens (including phenoxy) is 1. The summed E-state index contributed by atoms with van der Waals surface area (Å²) >= 11 is 1.69. The Kier molecular flexibility index (Phi) is 4.93. The molecule has 1 aromatic heterocycles. The first kappa shape index (κ1) is 14.0. The number of methoxy groups -OCH3 is 1. The normalized spacial score (nSPS) is 10.9. The van der Waals surface area contributed by atoms with E-state index < -0.39 is 0 Å². The number of anilines is 1. The van der Waals surface area contributed by atoms with Crippen molar-refractivity contribution in [3.05, 3.63) is 36.0 Å². The topological polar surface area (TPSA) is 34.1 Å². The lowest BCUT2D eigenvalue weighted by Crippen LogP contribution is -2.07. The van der Waals surface area contributed by atoms with Crippen LogP contribution in [-0.4, -0.2) is 18.6 Å². The molecule has 0 aliphatic heterocycles. The van der Waals surface area contributed by atoms with E-state index in [1.54, 1.807) is 18.4 Å². The fraction of sp³-hybridized carbons (Fsp3) is 0.400. The quantitative estimate of drug-likeness (QED) is 0.865. The second kappa shape index (κ2) is 6.68. The third kappa shape index (κ3) is 4.04. The van der Waals surface area contributed by atoms with E-state index in [9.17, 15) is 0 Å². The van der Waals surface area contributed by atoms with Gasteiger partial charge in [0, 0.05) is 19.9 Å². The van der Waals surface area contributed by atoms with Gasteiger partial charge in [-0.15, -0.1) is 0 Å². The van der Waals surface area contributed by atoms with E-state index in [1.165, 1.54) is 16.0 Å². The Morgan fingerprint density at radius 1 is 1.37 bits per heavy atom. The summed E-state index contributed by atoms with van der Waals surface area (Å²) in [6.07, 6.45) is 1.93. The first-order chi connectivity index (χ1) is 9.19. The number of nitrogens with one attached hydrogen (secondary N) is 1. The molecule has 0 aliphatic rings. The largest absolute Gasteiger partial charge is 0.380 e. The summed E-state index contributed by atoms with van der Waals surface area (Å²) in [5.74, 6) is 0.623. The highest BCUT2D eigenvalue weighted by Crippen LogP contribution is 2.29. The second-order valence-corrected chi connectivity index (χ2v) is 5.97. The summed E-state index contributed by atoms with van der Waals surface area (Å²) < 4.78 is 5.16. The fourth-order valence-corrected chi connectivity index (χ4v) is 2.58. The maximum absolute atomic E-state index is 5.16. The lowest BCUT2D eigenvalue weighted by Gasteiger charge is -2.04.